The lowest BCUT2D eigenvalue weighted by atomic mass is 9.73. The Morgan fingerprint density at radius 3 is 2.09 bits per heavy atom. The molecule has 0 fully saturated rings. The smallest absolute Gasteiger partial charge is 0.146 e. The molecule has 0 aromatic rings. The Kier molecular flexibility index (Phi) is 16.1. The van der Waals surface area contributed by atoms with E-state index in [0.717, 1.165) is 25.7 Å². The van der Waals surface area contributed by atoms with Crippen LogP contribution >= 0.6 is 0 Å². The summed E-state index contributed by atoms with van der Waals surface area (Å²) in [4.78, 5) is 13.4. The molecule has 5 heteroatoms. The zero-order valence-electron chi connectivity index (χ0n) is 23.3. The predicted octanol–water partition coefficient (Wildman–Crippen LogP) is 6.41. The van der Waals surface area contributed by atoms with E-state index in [9.17, 15) is 4.79 Å². The van der Waals surface area contributed by atoms with Crippen LogP contribution in [0.2, 0.25) is 0 Å². The van der Waals surface area contributed by atoms with Gasteiger partial charge in [0.05, 0.1) is 18.3 Å². The Labute approximate surface area is 204 Å². The summed E-state index contributed by atoms with van der Waals surface area (Å²) < 4.78 is 22.3. The SMILES string of the molecule is C/C=C(\C)C(C/C=C(/C)CCCC(C)C(OC)C(C)C(=O)C(C)(C)C(CCOC)OC)OC. The summed E-state index contributed by atoms with van der Waals surface area (Å²) in [5.41, 5.74) is 2.04. The van der Waals surface area contributed by atoms with Gasteiger partial charge in [0.25, 0.3) is 0 Å². The van der Waals surface area contributed by atoms with Crippen molar-refractivity contribution >= 4 is 5.78 Å². The van der Waals surface area contributed by atoms with E-state index in [4.69, 9.17) is 18.9 Å². The number of ether oxygens (including phenoxy) is 4. The van der Waals surface area contributed by atoms with Crippen LogP contribution in [-0.2, 0) is 23.7 Å². The van der Waals surface area contributed by atoms with Gasteiger partial charge in [-0.1, -0.05) is 45.4 Å². The molecule has 0 saturated heterocycles. The molecule has 0 saturated carbocycles. The Hall–Kier alpha value is -1.01. The molecule has 5 unspecified atom stereocenters. The van der Waals surface area contributed by atoms with Crippen LogP contribution in [0.5, 0.6) is 0 Å². The summed E-state index contributed by atoms with van der Waals surface area (Å²) in [7, 11) is 6.82. The predicted molar refractivity (Wildman–Crippen MR) is 138 cm³/mol. The molecule has 0 spiro atoms. The van der Waals surface area contributed by atoms with Crippen LogP contribution < -0.4 is 0 Å². The second kappa shape index (κ2) is 16.6. The van der Waals surface area contributed by atoms with Gasteiger partial charge in [0, 0.05) is 46.4 Å². The van der Waals surface area contributed by atoms with Crippen molar-refractivity contribution in [3.05, 3.63) is 23.3 Å². The second-order valence-electron chi connectivity index (χ2n) is 9.99. The maximum absolute atomic E-state index is 13.4. The van der Waals surface area contributed by atoms with Crippen LogP contribution in [0.15, 0.2) is 23.3 Å². The number of Topliss-reactive ketones (excluding diaryl/α,β-unsaturated/α-hetero) is 1. The lowest BCUT2D eigenvalue weighted by molar-refractivity contribution is -0.145. The van der Waals surface area contributed by atoms with Crippen molar-refractivity contribution in [3.8, 4) is 0 Å². The molecular weight excluding hydrogens is 416 g/mol. The molecule has 0 aromatic heterocycles. The molecule has 0 bridgehead atoms. The minimum absolute atomic E-state index is 0.115. The van der Waals surface area contributed by atoms with E-state index in [0.29, 0.717) is 13.0 Å². The molecule has 0 rings (SSSR count). The van der Waals surface area contributed by atoms with Crippen LogP contribution in [0.4, 0.5) is 0 Å². The monoisotopic (exact) mass is 468 g/mol. The summed E-state index contributed by atoms with van der Waals surface area (Å²) in [5, 5.41) is 0. The molecule has 0 aromatic carbocycles. The van der Waals surface area contributed by atoms with Gasteiger partial charge in [0.2, 0.25) is 0 Å². The van der Waals surface area contributed by atoms with Gasteiger partial charge in [-0.15, -0.1) is 0 Å². The first-order chi connectivity index (χ1) is 15.5. The minimum Gasteiger partial charge on any atom is -0.385 e. The van der Waals surface area contributed by atoms with Gasteiger partial charge in [0.15, 0.2) is 0 Å². The number of rotatable bonds is 18. The molecule has 5 nitrogen and oxygen atoms in total. The van der Waals surface area contributed by atoms with Gasteiger partial charge >= 0.3 is 0 Å². The van der Waals surface area contributed by atoms with Gasteiger partial charge in [-0.2, -0.15) is 0 Å². The lowest BCUT2D eigenvalue weighted by Crippen LogP contribution is -2.46. The normalized spacial score (nSPS) is 18.0. The fourth-order valence-corrected chi connectivity index (χ4v) is 4.75. The van der Waals surface area contributed by atoms with Gasteiger partial charge in [0.1, 0.15) is 5.78 Å². The molecule has 0 N–H and O–H groups in total. The highest BCUT2D eigenvalue weighted by atomic mass is 16.5. The average Bonchev–Trinajstić information content (AvgIpc) is 2.79. The van der Waals surface area contributed by atoms with Crippen LogP contribution in [0.1, 0.15) is 80.6 Å². The Morgan fingerprint density at radius 1 is 0.970 bits per heavy atom. The topological polar surface area (TPSA) is 54.0 Å². The number of allylic oxidation sites excluding steroid dienone is 2. The third kappa shape index (κ3) is 10.4. The van der Waals surface area contributed by atoms with E-state index < -0.39 is 5.41 Å². The van der Waals surface area contributed by atoms with Crippen LogP contribution in [0, 0.1) is 17.3 Å². The molecule has 33 heavy (non-hydrogen) atoms. The van der Waals surface area contributed by atoms with Crippen molar-refractivity contribution in [2.75, 3.05) is 35.0 Å². The van der Waals surface area contributed by atoms with Crippen LogP contribution in [-0.4, -0.2) is 59.1 Å². The third-order valence-corrected chi connectivity index (χ3v) is 7.21. The van der Waals surface area contributed by atoms with Crippen molar-refractivity contribution in [2.24, 2.45) is 17.3 Å². The highest BCUT2D eigenvalue weighted by Gasteiger charge is 2.42. The zero-order chi connectivity index (χ0) is 25.6. The van der Waals surface area contributed by atoms with Crippen molar-refractivity contribution in [3.63, 3.8) is 0 Å². The summed E-state index contributed by atoms with van der Waals surface area (Å²) in [6.07, 6.45) is 8.97. The van der Waals surface area contributed by atoms with Gasteiger partial charge < -0.3 is 18.9 Å². The quantitative estimate of drug-likeness (QED) is 0.218. The summed E-state index contributed by atoms with van der Waals surface area (Å²) in [6, 6.07) is 0. The summed E-state index contributed by atoms with van der Waals surface area (Å²) in [6.45, 7) is 15.1. The third-order valence-electron chi connectivity index (χ3n) is 7.21. The molecule has 0 heterocycles. The Bertz CT molecular complexity index is 607. The van der Waals surface area contributed by atoms with E-state index >= 15 is 0 Å². The van der Waals surface area contributed by atoms with Crippen LogP contribution in [0.3, 0.4) is 0 Å². The molecule has 0 aliphatic heterocycles. The fraction of sp³-hybridized carbons (Fsp3) is 0.821. The van der Waals surface area contributed by atoms with Gasteiger partial charge in [-0.3, -0.25) is 4.79 Å². The van der Waals surface area contributed by atoms with Crippen molar-refractivity contribution in [1.29, 1.82) is 0 Å². The number of hydrogen-bond donors (Lipinski definition) is 0. The molecule has 0 radical (unpaired) electrons. The molecule has 5 atom stereocenters. The first-order valence-electron chi connectivity index (χ1n) is 12.4. The highest BCUT2D eigenvalue weighted by Crippen LogP contribution is 2.34. The first-order valence-corrected chi connectivity index (χ1v) is 12.4. The maximum Gasteiger partial charge on any atom is 0.146 e. The van der Waals surface area contributed by atoms with E-state index in [2.05, 4.69) is 32.9 Å². The van der Waals surface area contributed by atoms with E-state index in [-0.39, 0.29) is 35.9 Å². The number of ketones is 1. The molecule has 0 aliphatic carbocycles. The van der Waals surface area contributed by atoms with Crippen molar-refractivity contribution in [1.82, 2.24) is 0 Å². The number of hydrogen-bond acceptors (Lipinski definition) is 5. The van der Waals surface area contributed by atoms with E-state index in [1.54, 1.807) is 28.4 Å². The number of carbonyl (C=O) groups excluding carboxylic acids is 1. The largest absolute Gasteiger partial charge is 0.385 e. The second-order valence-corrected chi connectivity index (χ2v) is 9.99. The Balaban J connectivity index is 4.96. The fourth-order valence-electron chi connectivity index (χ4n) is 4.75. The molecular formula is C28H52O5. The van der Waals surface area contributed by atoms with E-state index in [1.165, 1.54) is 11.1 Å². The maximum atomic E-state index is 13.4. The first kappa shape index (κ1) is 32.0. The van der Waals surface area contributed by atoms with Gasteiger partial charge in [-0.05, 0) is 64.4 Å². The molecule has 0 aliphatic rings. The number of carbonyl (C=O) groups is 1. The Morgan fingerprint density at radius 2 is 1.61 bits per heavy atom. The summed E-state index contributed by atoms with van der Waals surface area (Å²) >= 11 is 0. The molecule has 0 amide bonds. The standard InChI is InChI=1S/C28H52O5/c1-12-21(3)24(31-9)17-16-20(2)14-13-15-22(4)26(33-11)23(5)27(29)28(6,7)25(32-10)18-19-30-8/h12,16,22-26H,13-15,17-19H2,1-11H3/b20-16-,21-12+. The molecule has 194 valence electrons. The van der Waals surface area contributed by atoms with Gasteiger partial charge in [-0.25, -0.2) is 0 Å². The summed E-state index contributed by atoms with van der Waals surface area (Å²) in [5.74, 6) is 0.266. The zero-order valence-corrected chi connectivity index (χ0v) is 23.3. The van der Waals surface area contributed by atoms with Crippen molar-refractivity contribution in [2.45, 2.75) is 98.9 Å². The van der Waals surface area contributed by atoms with E-state index in [1.807, 2.05) is 27.7 Å². The highest BCUT2D eigenvalue weighted by molar-refractivity contribution is 5.87. The van der Waals surface area contributed by atoms with Crippen LogP contribution in [0.25, 0.3) is 0 Å². The average molecular weight is 469 g/mol. The van der Waals surface area contributed by atoms with Crippen molar-refractivity contribution < 1.29 is 23.7 Å². The number of methoxy groups -OCH3 is 4. The lowest BCUT2D eigenvalue weighted by Gasteiger charge is -2.37. The minimum atomic E-state index is -0.606.